The zero-order valence-corrected chi connectivity index (χ0v) is 14.5. The average Bonchev–Trinajstić information content (AvgIpc) is 2.55. The molecule has 0 unspecified atom stereocenters. The van der Waals surface area contributed by atoms with E-state index < -0.39 is 10.0 Å². The standard InChI is InChI=1S/C18H22N2O3S/c1-15-13-20(11-12-23-15)18-9-7-17(8-10-18)19-24(21,22)14-16-5-3-2-4-6-16/h2-10,15,19H,11-14H2,1H3/t15-/m1/s1. The summed E-state index contributed by atoms with van der Waals surface area (Å²) >= 11 is 0. The number of hydrogen-bond donors (Lipinski definition) is 1. The molecule has 24 heavy (non-hydrogen) atoms. The van der Waals surface area contributed by atoms with E-state index in [0.717, 1.165) is 24.3 Å². The molecule has 1 fully saturated rings. The van der Waals surface area contributed by atoms with Gasteiger partial charge in [0.05, 0.1) is 18.5 Å². The molecule has 0 saturated carbocycles. The molecule has 1 heterocycles. The number of benzene rings is 2. The molecule has 2 aromatic rings. The maximum atomic E-state index is 12.3. The molecule has 1 aliphatic rings. The molecule has 0 aliphatic carbocycles. The lowest BCUT2D eigenvalue weighted by atomic mass is 10.2. The summed E-state index contributed by atoms with van der Waals surface area (Å²) in [6, 6.07) is 16.7. The Hall–Kier alpha value is -2.05. The Morgan fingerprint density at radius 3 is 2.50 bits per heavy atom. The van der Waals surface area contributed by atoms with Crippen LogP contribution in [0.25, 0.3) is 0 Å². The van der Waals surface area contributed by atoms with Crippen LogP contribution in [0.15, 0.2) is 54.6 Å². The SMILES string of the molecule is C[C@@H]1CN(c2ccc(NS(=O)(=O)Cc3ccccc3)cc2)CCO1. The largest absolute Gasteiger partial charge is 0.375 e. The van der Waals surface area contributed by atoms with Crippen molar-refractivity contribution in [3.63, 3.8) is 0 Å². The molecule has 0 aromatic heterocycles. The predicted octanol–water partition coefficient (Wildman–Crippen LogP) is 2.85. The number of hydrogen-bond acceptors (Lipinski definition) is 4. The van der Waals surface area contributed by atoms with Crippen LogP contribution in [-0.2, 0) is 20.5 Å². The Bertz CT molecular complexity index is 761. The molecule has 0 bridgehead atoms. The molecule has 0 spiro atoms. The van der Waals surface area contributed by atoms with Crippen LogP contribution < -0.4 is 9.62 Å². The van der Waals surface area contributed by atoms with E-state index in [1.165, 1.54) is 0 Å². The van der Waals surface area contributed by atoms with E-state index in [4.69, 9.17) is 4.74 Å². The van der Waals surface area contributed by atoms with Gasteiger partial charge in [-0.05, 0) is 36.8 Å². The summed E-state index contributed by atoms with van der Waals surface area (Å²) in [5, 5.41) is 0. The highest BCUT2D eigenvalue weighted by Gasteiger charge is 2.17. The fourth-order valence-corrected chi connectivity index (χ4v) is 4.00. The average molecular weight is 346 g/mol. The first-order valence-corrected chi connectivity index (χ1v) is 9.68. The summed E-state index contributed by atoms with van der Waals surface area (Å²) in [6.07, 6.45) is 0.211. The van der Waals surface area contributed by atoms with Crippen LogP contribution in [0.1, 0.15) is 12.5 Å². The van der Waals surface area contributed by atoms with Crippen molar-refractivity contribution in [2.45, 2.75) is 18.8 Å². The van der Waals surface area contributed by atoms with Crippen LogP contribution in [0.5, 0.6) is 0 Å². The van der Waals surface area contributed by atoms with E-state index in [9.17, 15) is 8.42 Å². The molecule has 1 N–H and O–H groups in total. The molecule has 1 atom stereocenters. The van der Waals surface area contributed by atoms with Crippen molar-refractivity contribution in [1.82, 2.24) is 0 Å². The third kappa shape index (κ3) is 4.49. The smallest absolute Gasteiger partial charge is 0.236 e. The van der Waals surface area contributed by atoms with Crippen LogP contribution in [0, 0.1) is 0 Å². The maximum absolute atomic E-state index is 12.3. The van der Waals surface area contributed by atoms with Gasteiger partial charge in [0.25, 0.3) is 0 Å². The Kier molecular flexibility index (Phi) is 5.06. The fraction of sp³-hybridized carbons (Fsp3) is 0.333. The maximum Gasteiger partial charge on any atom is 0.236 e. The third-order valence-electron chi connectivity index (χ3n) is 3.95. The highest BCUT2D eigenvalue weighted by molar-refractivity contribution is 7.91. The predicted molar refractivity (Wildman–Crippen MR) is 96.8 cm³/mol. The van der Waals surface area contributed by atoms with Gasteiger partial charge in [-0.1, -0.05) is 30.3 Å². The second kappa shape index (κ2) is 7.23. The van der Waals surface area contributed by atoms with Gasteiger partial charge in [0.2, 0.25) is 10.0 Å². The minimum absolute atomic E-state index is 0.0312. The lowest BCUT2D eigenvalue weighted by Gasteiger charge is -2.33. The van der Waals surface area contributed by atoms with Crippen molar-refractivity contribution in [1.29, 1.82) is 0 Å². The van der Waals surface area contributed by atoms with Crippen molar-refractivity contribution in [2.75, 3.05) is 29.3 Å². The summed E-state index contributed by atoms with van der Waals surface area (Å²) in [6.45, 7) is 4.47. The quantitative estimate of drug-likeness (QED) is 0.904. The van der Waals surface area contributed by atoms with Crippen LogP contribution in [-0.4, -0.2) is 34.2 Å². The van der Waals surface area contributed by atoms with Gasteiger partial charge in [-0.25, -0.2) is 8.42 Å². The molecule has 1 aliphatic heterocycles. The van der Waals surface area contributed by atoms with Gasteiger partial charge in [-0.2, -0.15) is 0 Å². The zero-order valence-electron chi connectivity index (χ0n) is 13.7. The minimum atomic E-state index is -3.42. The van der Waals surface area contributed by atoms with Crippen LogP contribution in [0.3, 0.4) is 0 Å². The molecular weight excluding hydrogens is 324 g/mol. The van der Waals surface area contributed by atoms with Crippen molar-refractivity contribution < 1.29 is 13.2 Å². The second-order valence-electron chi connectivity index (χ2n) is 6.02. The summed E-state index contributed by atoms with van der Waals surface area (Å²) in [7, 11) is -3.42. The number of rotatable bonds is 5. The van der Waals surface area contributed by atoms with Crippen molar-refractivity contribution >= 4 is 21.4 Å². The number of sulfonamides is 1. The summed E-state index contributed by atoms with van der Waals surface area (Å²) in [4.78, 5) is 2.25. The normalized spacial score (nSPS) is 18.4. The lowest BCUT2D eigenvalue weighted by molar-refractivity contribution is 0.0532. The molecule has 2 aromatic carbocycles. The van der Waals surface area contributed by atoms with Crippen molar-refractivity contribution in [2.24, 2.45) is 0 Å². The highest BCUT2D eigenvalue weighted by atomic mass is 32.2. The van der Waals surface area contributed by atoms with Crippen molar-refractivity contribution in [3.8, 4) is 0 Å². The van der Waals surface area contributed by atoms with E-state index >= 15 is 0 Å². The molecule has 6 heteroatoms. The molecule has 1 saturated heterocycles. The van der Waals surface area contributed by atoms with E-state index in [0.29, 0.717) is 12.3 Å². The Balaban J connectivity index is 1.65. The molecule has 3 rings (SSSR count). The van der Waals surface area contributed by atoms with E-state index in [1.807, 2.05) is 42.5 Å². The van der Waals surface area contributed by atoms with Crippen LogP contribution >= 0.6 is 0 Å². The molecule has 128 valence electrons. The lowest BCUT2D eigenvalue weighted by Crippen LogP contribution is -2.41. The second-order valence-corrected chi connectivity index (χ2v) is 7.74. The number of morpholine rings is 1. The zero-order chi connectivity index (χ0) is 17.0. The molecule has 5 nitrogen and oxygen atoms in total. The van der Waals surface area contributed by atoms with Gasteiger partial charge in [0, 0.05) is 24.5 Å². The van der Waals surface area contributed by atoms with E-state index in [1.54, 1.807) is 12.1 Å². The Morgan fingerprint density at radius 1 is 1.12 bits per heavy atom. The first kappa shape index (κ1) is 16.8. The fourth-order valence-electron chi connectivity index (χ4n) is 2.80. The first-order chi connectivity index (χ1) is 11.5. The highest BCUT2D eigenvalue weighted by Crippen LogP contribution is 2.21. The van der Waals surface area contributed by atoms with Crippen LogP contribution in [0.4, 0.5) is 11.4 Å². The third-order valence-corrected chi connectivity index (χ3v) is 5.21. The Morgan fingerprint density at radius 2 is 1.83 bits per heavy atom. The molecule has 0 radical (unpaired) electrons. The monoisotopic (exact) mass is 346 g/mol. The van der Waals surface area contributed by atoms with Crippen LogP contribution in [0.2, 0.25) is 0 Å². The van der Waals surface area contributed by atoms with Gasteiger partial charge < -0.3 is 9.64 Å². The molecular formula is C18H22N2O3S. The number of ether oxygens (including phenoxy) is 1. The molecule has 0 amide bonds. The number of anilines is 2. The van der Waals surface area contributed by atoms with Gasteiger partial charge in [-0.3, -0.25) is 4.72 Å². The van der Waals surface area contributed by atoms with Crippen molar-refractivity contribution in [3.05, 3.63) is 60.2 Å². The number of nitrogens with one attached hydrogen (secondary N) is 1. The van der Waals surface area contributed by atoms with Gasteiger partial charge in [-0.15, -0.1) is 0 Å². The summed E-state index contributed by atoms with van der Waals surface area (Å²) in [5.74, 6) is -0.0312. The number of nitrogens with zero attached hydrogens (tertiary/aromatic N) is 1. The van der Waals surface area contributed by atoms with E-state index in [2.05, 4.69) is 16.5 Å². The summed E-state index contributed by atoms with van der Waals surface area (Å²) < 4.78 is 32.7. The first-order valence-electron chi connectivity index (χ1n) is 8.03. The topological polar surface area (TPSA) is 58.6 Å². The van der Waals surface area contributed by atoms with E-state index in [-0.39, 0.29) is 11.9 Å². The van der Waals surface area contributed by atoms with Gasteiger partial charge in [0.15, 0.2) is 0 Å². The van der Waals surface area contributed by atoms with Gasteiger partial charge >= 0.3 is 0 Å². The minimum Gasteiger partial charge on any atom is -0.375 e. The Labute approximate surface area is 143 Å². The summed E-state index contributed by atoms with van der Waals surface area (Å²) in [5.41, 5.74) is 2.43. The van der Waals surface area contributed by atoms with Gasteiger partial charge in [0.1, 0.15) is 0 Å².